The van der Waals surface area contributed by atoms with Crippen LogP contribution in [0.25, 0.3) is 16.5 Å². The predicted molar refractivity (Wildman–Crippen MR) is 93.9 cm³/mol. The minimum absolute atomic E-state index is 0.0104. The van der Waals surface area contributed by atoms with Crippen molar-refractivity contribution in [2.45, 2.75) is 32.1 Å². The number of H-pyrrole nitrogens is 1. The molecule has 2 aromatic rings. The molecule has 4 nitrogen and oxygen atoms in total. The first-order valence-corrected chi connectivity index (χ1v) is 8.80. The van der Waals surface area contributed by atoms with Crippen LogP contribution in [-0.4, -0.2) is 28.9 Å². The van der Waals surface area contributed by atoms with Gasteiger partial charge in [-0.25, -0.2) is 4.39 Å². The fraction of sp³-hybridized carbons (Fsp3) is 0.400. The molecule has 1 N–H and O–H groups in total. The van der Waals surface area contributed by atoms with Crippen molar-refractivity contribution in [2.75, 3.05) is 13.1 Å². The number of aromatic amines is 1. The molecule has 0 radical (unpaired) electrons. The maximum absolute atomic E-state index is 13.3. The zero-order valence-electron chi connectivity index (χ0n) is 14.0. The predicted octanol–water partition coefficient (Wildman–Crippen LogP) is 4.01. The van der Waals surface area contributed by atoms with Crippen LogP contribution in [0.1, 0.15) is 37.7 Å². The second-order valence-corrected chi connectivity index (χ2v) is 7.02. The highest BCUT2D eigenvalue weighted by Gasteiger charge is 2.44. The Kier molecular flexibility index (Phi) is 3.84. The van der Waals surface area contributed by atoms with E-state index in [2.05, 4.69) is 17.1 Å². The second-order valence-electron chi connectivity index (χ2n) is 7.02. The molecular formula is C20H20FN3O. The SMILES string of the molecule is N#CC1(C(=O)N2CC=C(c3c[nH]c4cc(F)ccc34)CC2)CCCC1. The summed E-state index contributed by atoms with van der Waals surface area (Å²) in [5.74, 6) is -0.266. The third-order valence-corrected chi connectivity index (χ3v) is 5.57. The summed E-state index contributed by atoms with van der Waals surface area (Å²) in [6, 6.07) is 7.04. The Morgan fingerprint density at radius 1 is 1.32 bits per heavy atom. The number of carbonyl (C=O) groups excluding carboxylic acids is 1. The van der Waals surface area contributed by atoms with Gasteiger partial charge in [0.25, 0.3) is 0 Å². The highest BCUT2D eigenvalue weighted by molar-refractivity contribution is 5.93. The number of nitrogens with zero attached hydrogens (tertiary/aromatic N) is 2. The molecule has 0 bridgehead atoms. The molecule has 0 spiro atoms. The minimum atomic E-state index is -0.802. The van der Waals surface area contributed by atoms with Gasteiger partial charge in [0, 0.05) is 35.8 Å². The molecule has 1 aromatic heterocycles. The quantitative estimate of drug-likeness (QED) is 0.900. The Morgan fingerprint density at radius 3 is 2.80 bits per heavy atom. The molecule has 5 heteroatoms. The van der Waals surface area contributed by atoms with E-state index < -0.39 is 5.41 Å². The van der Waals surface area contributed by atoms with Crippen LogP contribution in [0.3, 0.4) is 0 Å². The number of rotatable bonds is 2. The summed E-state index contributed by atoms with van der Waals surface area (Å²) in [5, 5.41) is 10.5. The largest absolute Gasteiger partial charge is 0.360 e. The molecule has 1 saturated carbocycles. The highest BCUT2D eigenvalue weighted by atomic mass is 19.1. The van der Waals surface area contributed by atoms with Gasteiger partial charge < -0.3 is 9.88 Å². The van der Waals surface area contributed by atoms with Gasteiger partial charge in [-0.3, -0.25) is 4.79 Å². The van der Waals surface area contributed by atoms with Gasteiger partial charge in [-0.1, -0.05) is 18.9 Å². The molecule has 1 aliphatic carbocycles. The number of carbonyl (C=O) groups is 1. The maximum atomic E-state index is 13.3. The summed E-state index contributed by atoms with van der Waals surface area (Å²) in [5.41, 5.74) is 2.21. The molecular weight excluding hydrogens is 317 g/mol. The fourth-order valence-electron chi connectivity index (χ4n) is 4.12. The first-order chi connectivity index (χ1) is 12.1. The number of hydrogen-bond acceptors (Lipinski definition) is 2. The number of fused-ring (bicyclic) bond motifs is 1. The van der Waals surface area contributed by atoms with Crippen molar-refractivity contribution in [2.24, 2.45) is 5.41 Å². The van der Waals surface area contributed by atoms with E-state index >= 15 is 0 Å². The first kappa shape index (κ1) is 15.9. The van der Waals surface area contributed by atoms with E-state index in [9.17, 15) is 14.4 Å². The van der Waals surface area contributed by atoms with Crippen molar-refractivity contribution in [3.63, 3.8) is 0 Å². The van der Waals surface area contributed by atoms with Crippen molar-refractivity contribution < 1.29 is 9.18 Å². The topological polar surface area (TPSA) is 59.9 Å². The number of nitrogens with one attached hydrogen (secondary N) is 1. The number of nitriles is 1. The molecule has 0 saturated heterocycles. The average molecular weight is 337 g/mol. The number of benzene rings is 1. The molecule has 2 heterocycles. The molecule has 2 aliphatic rings. The van der Waals surface area contributed by atoms with Gasteiger partial charge in [0.05, 0.1) is 6.07 Å². The van der Waals surface area contributed by atoms with E-state index in [-0.39, 0.29) is 11.7 Å². The number of halogens is 1. The van der Waals surface area contributed by atoms with Crippen LogP contribution in [0.5, 0.6) is 0 Å². The Morgan fingerprint density at radius 2 is 2.12 bits per heavy atom. The molecule has 0 unspecified atom stereocenters. The van der Waals surface area contributed by atoms with Crippen LogP contribution < -0.4 is 0 Å². The van der Waals surface area contributed by atoms with Gasteiger partial charge in [0.1, 0.15) is 11.2 Å². The van der Waals surface area contributed by atoms with E-state index in [0.717, 1.165) is 35.7 Å². The number of amides is 1. The monoisotopic (exact) mass is 337 g/mol. The third kappa shape index (κ3) is 2.62. The number of aromatic nitrogens is 1. The van der Waals surface area contributed by atoms with E-state index in [0.29, 0.717) is 25.9 Å². The molecule has 0 atom stereocenters. The second kappa shape index (κ2) is 6.03. The summed E-state index contributed by atoms with van der Waals surface area (Å²) in [6.45, 7) is 1.16. The van der Waals surface area contributed by atoms with Crippen molar-refractivity contribution in [3.05, 3.63) is 41.9 Å². The van der Waals surface area contributed by atoms with Gasteiger partial charge in [-0.15, -0.1) is 0 Å². The summed E-state index contributed by atoms with van der Waals surface area (Å²) < 4.78 is 13.3. The van der Waals surface area contributed by atoms with E-state index in [1.54, 1.807) is 6.07 Å². The van der Waals surface area contributed by atoms with E-state index in [1.807, 2.05) is 11.1 Å². The van der Waals surface area contributed by atoms with Crippen LogP contribution in [0, 0.1) is 22.6 Å². The first-order valence-electron chi connectivity index (χ1n) is 8.80. The smallest absolute Gasteiger partial charge is 0.243 e. The summed E-state index contributed by atoms with van der Waals surface area (Å²) in [6.07, 6.45) is 8.00. The van der Waals surface area contributed by atoms with Crippen LogP contribution in [0.15, 0.2) is 30.5 Å². The van der Waals surface area contributed by atoms with E-state index in [1.165, 1.54) is 17.7 Å². The average Bonchev–Trinajstić information content (AvgIpc) is 3.28. The minimum Gasteiger partial charge on any atom is -0.360 e. The Labute approximate surface area is 145 Å². The zero-order chi connectivity index (χ0) is 17.4. The molecule has 1 amide bonds. The lowest BCUT2D eigenvalue weighted by atomic mass is 9.85. The summed E-state index contributed by atoms with van der Waals surface area (Å²) >= 11 is 0. The van der Waals surface area contributed by atoms with Crippen LogP contribution in [-0.2, 0) is 4.79 Å². The Hall–Kier alpha value is -2.61. The van der Waals surface area contributed by atoms with Crippen molar-refractivity contribution in [1.82, 2.24) is 9.88 Å². The van der Waals surface area contributed by atoms with E-state index in [4.69, 9.17) is 0 Å². The van der Waals surface area contributed by atoms with Crippen LogP contribution in [0.2, 0.25) is 0 Å². The molecule has 1 fully saturated rings. The molecule has 25 heavy (non-hydrogen) atoms. The van der Waals surface area contributed by atoms with Crippen LogP contribution >= 0.6 is 0 Å². The molecule has 1 aromatic carbocycles. The van der Waals surface area contributed by atoms with Gasteiger partial charge in [0.2, 0.25) is 5.91 Å². The van der Waals surface area contributed by atoms with Crippen molar-refractivity contribution >= 4 is 22.4 Å². The zero-order valence-corrected chi connectivity index (χ0v) is 14.0. The normalized spacial score (nSPS) is 19.7. The molecule has 4 rings (SSSR count). The lowest BCUT2D eigenvalue weighted by molar-refractivity contribution is -0.138. The number of hydrogen-bond donors (Lipinski definition) is 1. The van der Waals surface area contributed by atoms with Gasteiger partial charge in [-0.2, -0.15) is 5.26 Å². The molecule has 128 valence electrons. The third-order valence-electron chi connectivity index (χ3n) is 5.57. The lowest BCUT2D eigenvalue weighted by Gasteiger charge is -2.32. The van der Waals surface area contributed by atoms with Crippen LogP contribution in [0.4, 0.5) is 4.39 Å². The summed E-state index contributed by atoms with van der Waals surface area (Å²) in [4.78, 5) is 17.8. The van der Waals surface area contributed by atoms with Gasteiger partial charge in [-0.05, 0) is 43.0 Å². The maximum Gasteiger partial charge on any atom is 0.243 e. The fourth-order valence-corrected chi connectivity index (χ4v) is 4.12. The highest BCUT2D eigenvalue weighted by Crippen LogP contribution is 2.40. The Bertz CT molecular complexity index is 899. The lowest BCUT2D eigenvalue weighted by Crippen LogP contribution is -2.43. The van der Waals surface area contributed by atoms with Crippen molar-refractivity contribution in [1.29, 1.82) is 5.26 Å². The van der Waals surface area contributed by atoms with Gasteiger partial charge in [0.15, 0.2) is 0 Å². The molecule has 1 aliphatic heterocycles. The standard InChI is InChI=1S/C20H20FN3O/c21-15-3-4-16-17(12-23-18(16)11-15)14-5-9-24(10-6-14)19(25)20(13-22)7-1-2-8-20/h3-5,11-12,23H,1-2,6-10H2. The summed E-state index contributed by atoms with van der Waals surface area (Å²) in [7, 11) is 0. The Balaban J connectivity index is 1.56. The van der Waals surface area contributed by atoms with Crippen molar-refractivity contribution in [3.8, 4) is 6.07 Å². The van der Waals surface area contributed by atoms with Gasteiger partial charge >= 0.3 is 0 Å².